The van der Waals surface area contributed by atoms with E-state index >= 15 is 0 Å². The molecule has 1 saturated heterocycles. The van der Waals surface area contributed by atoms with Crippen molar-refractivity contribution >= 4 is 17.7 Å². The number of aromatic nitrogens is 4. The van der Waals surface area contributed by atoms with Crippen LogP contribution in [-0.4, -0.2) is 52.1 Å². The standard InChI is InChI=1S/C13H16N8O2/c14-13-16-6-8(7-17-13)11-18-9(12(22)20-15)5-10(19-11)21-1-3-23-4-2-21/h5-7H,1-4,15H2,(H,20,22)(H2,14,16,17). The number of amides is 1. The van der Waals surface area contributed by atoms with Gasteiger partial charge in [-0.2, -0.15) is 0 Å². The molecule has 1 fully saturated rings. The molecule has 0 bridgehead atoms. The van der Waals surface area contributed by atoms with Crippen LogP contribution in [0.5, 0.6) is 0 Å². The number of rotatable bonds is 3. The molecule has 3 heterocycles. The summed E-state index contributed by atoms with van der Waals surface area (Å²) in [6.45, 7) is 2.56. The summed E-state index contributed by atoms with van der Waals surface area (Å²) in [5.74, 6) is 5.80. The molecule has 2 aromatic rings. The van der Waals surface area contributed by atoms with E-state index in [1.54, 1.807) is 6.07 Å². The molecule has 10 nitrogen and oxygen atoms in total. The first kappa shape index (κ1) is 15.1. The van der Waals surface area contributed by atoms with Crippen molar-refractivity contribution in [1.82, 2.24) is 25.4 Å². The predicted molar refractivity (Wildman–Crippen MR) is 82.2 cm³/mol. The highest BCUT2D eigenvalue weighted by atomic mass is 16.5. The zero-order valence-corrected chi connectivity index (χ0v) is 12.3. The van der Waals surface area contributed by atoms with Crippen molar-refractivity contribution in [3.05, 3.63) is 24.2 Å². The number of hydrogen-bond acceptors (Lipinski definition) is 9. The van der Waals surface area contributed by atoms with E-state index in [-0.39, 0.29) is 11.6 Å². The van der Waals surface area contributed by atoms with Gasteiger partial charge < -0.3 is 15.4 Å². The second-order valence-electron chi connectivity index (χ2n) is 4.84. The SMILES string of the molecule is NNC(=O)c1cc(N2CCOCC2)nc(-c2cnc(N)nc2)n1. The van der Waals surface area contributed by atoms with Crippen LogP contribution in [0.15, 0.2) is 18.5 Å². The second-order valence-corrected chi connectivity index (χ2v) is 4.84. The third-order valence-corrected chi connectivity index (χ3v) is 3.34. The minimum absolute atomic E-state index is 0.151. The third kappa shape index (κ3) is 3.33. The number of nitrogen functional groups attached to an aromatic ring is 2. The zero-order valence-electron chi connectivity index (χ0n) is 12.3. The van der Waals surface area contributed by atoms with Gasteiger partial charge in [0.1, 0.15) is 11.5 Å². The maximum Gasteiger partial charge on any atom is 0.283 e. The summed E-state index contributed by atoms with van der Waals surface area (Å²) < 4.78 is 5.33. The number of nitrogens with two attached hydrogens (primary N) is 2. The molecule has 0 aliphatic carbocycles. The predicted octanol–water partition coefficient (Wildman–Crippen LogP) is -1.04. The summed E-state index contributed by atoms with van der Waals surface area (Å²) in [6, 6.07) is 1.59. The summed E-state index contributed by atoms with van der Waals surface area (Å²) in [5, 5.41) is 0. The molecule has 23 heavy (non-hydrogen) atoms. The van der Waals surface area contributed by atoms with E-state index in [9.17, 15) is 4.79 Å². The molecule has 2 aromatic heterocycles. The van der Waals surface area contributed by atoms with Gasteiger partial charge in [-0.1, -0.05) is 0 Å². The fraction of sp³-hybridized carbons (Fsp3) is 0.308. The van der Waals surface area contributed by atoms with Crippen molar-refractivity contribution in [3.63, 3.8) is 0 Å². The van der Waals surface area contributed by atoms with Gasteiger partial charge in [0, 0.05) is 31.5 Å². The minimum Gasteiger partial charge on any atom is -0.378 e. The van der Waals surface area contributed by atoms with Crippen LogP contribution in [0.4, 0.5) is 11.8 Å². The Bertz CT molecular complexity index is 700. The number of nitrogens with zero attached hydrogens (tertiary/aromatic N) is 5. The van der Waals surface area contributed by atoms with Crippen molar-refractivity contribution in [3.8, 4) is 11.4 Å². The Labute approximate surface area is 131 Å². The van der Waals surface area contributed by atoms with Crippen LogP contribution in [0.3, 0.4) is 0 Å². The van der Waals surface area contributed by atoms with E-state index < -0.39 is 5.91 Å². The highest BCUT2D eigenvalue weighted by molar-refractivity contribution is 5.93. The van der Waals surface area contributed by atoms with Crippen LogP contribution in [-0.2, 0) is 4.74 Å². The highest BCUT2D eigenvalue weighted by Gasteiger charge is 2.18. The normalized spacial score (nSPS) is 14.6. The Morgan fingerprint density at radius 2 is 1.91 bits per heavy atom. The number of morpholine rings is 1. The first-order chi connectivity index (χ1) is 11.2. The van der Waals surface area contributed by atoms with Gasteiger partial charge in [0.2, 0.25) is 5.95 Å². The van der Waals surface area contributed by atoms with Crippen molar-refractivity contribution in [2.24, 2.45) is 5.84 Å². The summed E-state index contributed by atoms with van der Waals surface area (Å²) in [6.07, 6.45) is 3.01. The zero-order chi connectivity index (χ0) is 16.2. The van der Waals surface area contributed by atoms with E-state index in [2.05, 4.69) is 25.4 Å². The molecule has 10 heteroatoms. The maximum atomic E-state index is 11.9. The van der Waals surface area contributed by atoms with Gasteiger partial charge in [-0.25, -0.2) is 25.8 Å². The molecule has 1 amide bonds. The van der Waals surface area contributed by atoms with Crippen molar-refractivity contribution in [1.29, 1.82) is 0 Å². The fourth-order valence-corrected chi connectivity index (χ4v) is 2.16. The summed E-state index contributed by atoms with van der Waals surface area (Å²) in [5.41, 5.74) is 8.28. The lowest BCUT2D eigenvalue weighted by atomic mass is 10.2. The highest BCUT2D eigenvalue weighted by Crippen LogP contribution is 2.20. The van der Waals surface area contributed by atoms with Crippen LogP contribution in [0.25, 0.3) is 11.4 Å². The van der Waals surface area contributed by atoms with Crippen molar-refractivity contribution < 1.29 is 9.53 Å². The number of nitrogens with one attached hydrogen (secondary N) is 1. The molecule has 0 spiro atoms. The van der Waals surface area contributed by atoms with Crippen molar-refractivity contribution in [2.45, 2.75) is 0 Å². The van der Waals surface area contributed by atoms with E-state index in [0.29, 0.717) is 43.5 Å². The molecule has 0 aromatic carbocycles. The maximum absolute atomic E-state index is 11.9. The van der Waals surface area contributed by atoms with Gasteiger partial charge in [0.05, 0.1) is 18.8 Å². The lowest BCUT2D eigenvalue weighted by Crippen LogP contribution is -2.37. The summed E-state index contributed by atoms with van der Waals surface area (Å²) in [7, 11) is 0. The van der Waals surface area contributed by atoms with Gasteiger partial charge in [-0.3, -0.25) is 10.2 Å². The quantitative estimate of drug-likeness (QED) is 0.367. The van der Waals surface area contributed by atoms with Gasteiger partial charge in [-0.15, -0.1) is 0 Å². The Hall–Kier alpha value is -2.85. The number of carbonyl (C=O) groups is 1. The Morgan fingerprint density at radius 1 is 1.22 bits per heavy atom. The molecule has 0 unspecified atom stereocenters. The minimum atomic E-state index is -0.500. The van der Waals surface area contributed by atoms with Gasteiger partial charge in [0.25, 0.3) is 5.91 Å². The number of hydrogen-bond donors (Lipinski definition) is 3. The Morgan fingerprint density at radius 3 is 2.57 bits per heavy atom. The van der Waals surface area contributed by atoms with Crippen LogP contribution in [0.2, 0.25) is 0 Å². The van der Waals surface area contributed by atoms with E-state index in [1.807, 2.05) is 4.90 Å². The number of ether oxygens (including phenoxy) is 1. The van der Waals surface area contributed by atoms with Gasteiger partial charge >= 0.3 is 0 Å². The van der Waals surface area contributed by atoms with Crippen LogP contribution < -0.4 is 21.9 Å². The molecule has 0 atom stereocenters. The monoisotopic (exact) mass is 316 g/mol. The van der Waals surface area contributed by atoms with Gasteiger partial charge in [-0.05, 0) is 0 Å². The third-order valence-electron chi connectivity index (χ3n) is 3.34. The summed E-state index contributed by atoms with van der Waals surface area (Å²) >= 11 is 0. The molecular formula is C13H16N8O2. The average Bonchev–Trinajstić information content (AvgIpc) is 2.62. The topological polar surface area (TPSA) is 145 Å². The summed E-state index contributed by atoms with van der Waals surface area (Å²) in [4.78, 5) is 30.4. The lowest BCUT2D eigenvalue weighted by Gasteiger charge is -2.28. The molecular weight excluding hydrogens is 300 g/mol. The molecule has 0 radical (unpaired) electrons. The molecule has 5 N–H and O–H groups in total. The van der Waals surface area contributed by atoms with Crippen LogP contribution >= 0.6 is 0 Å². The lowest BCUT2D eigenvalue weighted by molar-refractivity contribution is 0.0948. The second kappa shape index (κ2) is 6.50. The number of hydrazine groups is 1. The molecule has 1 aliphatic rings. The molecule has 3 rings (SSSR count). The van der Waals surface area contributed by atoms with Crippen molar-refractivity contribution in [2.75, 3.05) is 36.9 Å². The van der Waals surface area contributed by atoms with Gasteiger partial charge in [0.15, 0.2) is 5.82 Å². The fourth-order valence-electron chi connectivity index (χ4n) is 2.16. The van der Waals surface area contributed by atoms with Crippen LogP contribution in [0.1, 0.15) is 10.5 Å². The molecule has 1 aliphatic heterocycles. The van der Waals surface area contributed by atoms with E-state index in [4.69, 9.17) is 16.3 Å². The first-order valence-corrected chi connectivity index (χ1v) is 6.98. The number of carbonyl (C=O) groups excluding carboxylic acids is 1. The average molecular weight is 316 g/mol. The largest absolute Gasteiger partial charge is 0.378 e. The number of anilines is 2. The van der Waals surface area contributed by atoms with Crippen LogP contribution in [0, 0.1) is 0 Å². The van der Waals surface area contributed by atoms with E-state index in [1.165, 1.54) is 12.4 Å². The molecule has 120 valence electrons. The smallest absolute Gasteiger partial charge is 0.283 e. The first-order valence-electron chi connectivity index (χ1n) is 6.98. The molecule has 0 saturated carbocycles. The van der Waals surface area contributed by atoms with E-state index in [0.717, 1.165) is 0 Å². The Balaban J connectivity index is 2.03. The Kier molecular flexibility index (Phi) is 4.26.